The molecule has 1 N–H and O–H groups in total. The maximum atomic E-state index is 12.8. The number of anilines is 1. The number of amides is 1. The SMILES string of the molecule is O=C(O)N1CCN(c2cc(Br)cc3nn(-c4nnc(C(F)F)s4)cc23)CC1. The lowest BCUT2D eigenvalue weighted by Gasteiger charge is -2.35. The van der Waals surface area contributed by atoms with Gasteiger partial charge in [-0.2, -0.15) is 5.10 Å². The van der Waals surface area contributed by atoms with Crippen LogP contribution in [-0.2, 0) is 0 Å². The first-order valence-corrected chi connectivity index (χ1v) is 9.57. The number of hydrogen-bond donors (Lipinski definition) is 1. The van der Waals surface area contributed by atoms with Crippen molar-refractivity contribution in [1.82, 2.24) is 24.9 Å². The molecular formula is C15H13BrF2N6O2S. The molecule has 1 fully saturated rings. The van der Waals surface area contributed by atoms with Crippen molar-refractivity contribution in [1.29, 1.82) is 0 Å². The summed E-state index contributed by atoms with van der Waals surface area (Å²) in [6.07, 6.45) is -1.86. The van der Waals surface area contributed by atoms with Gasteiger partial charge >= 0.3 is 6.09 Å². The summed E-state index contributed by atoms with van der Waals surface area (Å²) >= 11 is 4.26. The van der Waals surface area contributed by atoms with Crippen molar-refractivity contribution in [3.63, 3.8) is 0 Å². The topological polar surface area (TPSA) is 87.4 Å². The van der Waals surface area contributed by atoms with E-state index < -0.39 is 12.5 Å². The summed E-state index contributed by atoms with van der Waals surface area (Å²) < 4.78 is 27.8. The monoisotopic (exact) mass is 458 g/mol. The maximum Gasteiger partial charge on any atom is 0.407 e. The second kappa shape index (κ2) is 7.00. The van der Waals surface area contributed by atoms with Gasteiger partial charge in [0.25, 0.3) is 6.43 Å². The smallest absolute Gasteiger partial charge is 0.407 e. The normalized spacial score (nSPS) is 15.1. The van der Waals surface area contributed by atoms with Crippen molar-refractivity contribution in [3.8, 4) is 5.13 Å². The second-order valence-electron chi connectivity index (χ2n) is 5.91. The van der Waals surface area contributed by atoms with Crippen molar-refractivity contribution in [3.05, 3.63) is 27.8 Å². The first kappa shape index (κ1) is 18.0. The van der Waals surface area contributed by atoms with Gasteiger partial charge in [-0.05, 0) is 12.1 Å². The highest BCUT2D eigenvalue weighted by atomic mass is 79.9. The number of rotatable bonds is 3. The fourth-order valence-electron chi connectivity index (χ4n) is 2.98. The third-order valence-corrected chi connectivity index (χ3v) is 5.65. The van der Waals surface area contributed by atoms with Crippen LogP contribution in [0.3, 0.4) is 0 Å². The standard InChI is InChI=1S/C15H13BrF2N6O2S/c16-8-5-10-9(7-24(21-10)14-20-19-13(27-14)12(17)18)11(6-8)22-1-3-23(4-2-22)15(25)26/h5-7,12H,1-4H2,(H,25,26). The number of carbonyl (C=O) groups is 1. The largest absolute Gasteiger partial charge is 0.465 e. The molecule has 0 aliphatic carbocycles. The predicted octanol–water partition coefficient (Wildman–Crippen LogP) is 3.38. The Morgan fingerprint density at radius 3 is 2.59 bits per heavy atom. The summed E-state index contributed by atoms with van der Waals surface area (Å²) in [5, 5.41) is 21.6. The molecule has 0 atom stereocenters. The van der Waals surface area contributed by atoms with E-state index in [1.165, 1.54) is 9.58 Å². The highest BCUT2D eigenvalue weighted by Crippen LogP contribution is 2.33. The van der Waals surface area contributed by atoms with Crippen LogP contribution in [0.4, 0.5) is 19.3 Å². The third kappa shape index (κ3) is 3.46. The van der Waals surface area contributed by atoms with Crippen molar-refractivity contribution in [2.24, 2.45) is 0 Å². The van der Waals surface area contributed by atoms with E-state index in [1.54, 1.807) is 6.20 Å². The average molecular weight is 459 g/mol. The number of alkyl halides is 2. The Morgan fingerprint density at radius 2 is 1.96 bits per heavy atom. The fourth-order valence-corrected chi connectivity index (χ4v) is 4.04. The van der Waals surface area contributed by atoms with E-state index in [2.05, 4.69) is 36.1 Å². The molecule has 3 heterocycles. The lowest BCUT2D eigenvalue weighted by molar-refractivity contribution is 0.142. The molecule has 0 saturated carbocycles. The molecule has 1 aliphatic rings. The van der Waals surface area contributed by atoms with E-state index in [4.69, 9.17) is 5.11 Å². The van der Waals surface area contributed by atoms with Crippen molar-refractivity contribution in [2.75, 3.05) is 31.1 Å². The molecule has 0 bridgehead atoms. The summed E-state index contributed by atoms with van der Waals surface area (Å²) in [5.41, 5.74) is 1.57. The first-order valence-electron chi connectivity index (χ1n) is 7.96. The van der Waals surface area contributed by atoms with Crippen LogP contribution < -0.4 is 4.90 Å². The van der Waals surface area contributed by atoms with Crippen molar-refractivity contribution >= 4 is 50.0 Å². The molecule has 2 aromatic heterocycles. The number of piperazine rings is 1. The van der Waals surface area contributed by atoms with E-state index in [0.29, 0.717) is 31.7 Å². The fraction of sp³-hybridized carbons (Fsp3) is 0.333. The van der Waals surface area contributed by atoms with Crippen LogP contribution in [0.25, 0.3) is 16.0 Å². The second-order valence-corrected chi connectivity index (χ2v) is 7.81. The van der Waals surface area contributed by atoms with Gasteiger partial charge in [0.1, 0.15) is 0 Å². The molecule has 27 heavy (non-hydrogen) atoms. The summed E-state index contributed by atoms with van der Waals surface area (Å²) in [6, 6.07) is 3.77. The van der Waals surface area contributed by atoms with Crippen LogP contribution in [0, 0.1) is 0 Å². The lowest BCUT2D eigenvalue weighted by Crippen LogP contribution is -2.48. The number of halogens is 3. The Labute approximate surface area is 164 Å². The lowest BCUT2D eigenvalue weighted by atomic mass is 10.2. The minimum atomic E-state index is -2.67. The molecule has 142 valence electrons. The highest BCUT2D eigenvalue weighted by molar-refractivity contribution is 9.10. The van der Waals surface area contributed by atoms with Crippen LogP contribution in [0.2, 0.25) is 0 Å². The molecule has 3 aromatic rings. The molecule has 4 rings (SSSR count). The Balaban J connectivity index is 1.69. The van der Waals surface area contributed by atoms with Crippen LogP contribution in [-0.4, -0.2) is 62.3 Å². The Hall–Kier alpha value is -2.34. The Bertz CT molecular complexity index is 1000. The molecule has 12 heteroatoms. The molecular weight excluding hydrogens is 446 g/mol. The molecule has 1 amide bonds. The van der Waals surface area contributed by atoms with Gasteiger partial charge in [-0.3, -0.25) is 0 Å². The summed E-state index contributed by atoms with van der Waals surface area (Å²) in [7, 11) is 0. The minimum Gasteiger partial charge on any atom is -0.465 e. The van der Waals surface area contributed by atoms with Crippen LogP contribution in [0.5, 0.6) is 0 Å². The zero-order valence-corrected chi connectivity index (χ0v) is 16.1. The van der Waals surface area contributed by atoms with Crippen molar-refractivity contribution in [2.45, 2.75) is 6.43 Å². The number of carboxylic acid groups (broad SMARTS) is 1. The zero-order chi connectivity index (χ0) is 19.1. The summed E-state index contributed by atoms with van der Waals surface area (Å²) in [6.45, 7) is 1.92. The molecule has 1 aliphatic heterocycles. The molecule has 1 saturated heterocycles. The van der Waals surface area contributed by atoms with E-state index in [-0.39, 0.29) is 10.1 Å². The highest BCUT2D eigenvalue weighted by Gasteiger charge is 2.23. The number of nitrogens with zero attached hydrogens (tertiary/aromatic N) is 6. The van der Waals surface area contributed by atoms with Gasteiger partial charge in [-0.25, -0.2) is 18.3 Å². The first-order chi connectivity index (χ1) is 12.9. The molecule has 0 radical (unpaired) electrons. The van der Waals surface area contributed by atoms with E-state index in [9.17, 15) is 13.6 Å². The number of benzene rings is 1. The van der Waals surface area contributed by atoms with Crippen LogP contribution in [0.1, 0.15) is 11.4 Å². The Morgan fingerprint density at radius 1 is 1.22 bits per heavy atom. The van der Waals surface area contributed by atoms with Gasteiger partial charge in [-0.1, -0.05) is 27.3 Å². The molecule has 0 unspecified atom stereocenters. The number of hydrogen-bond acceptors (Lipinski definition) is 6. The van der Waals surface area contributed by atoms with Crippen LogP contribution in [0.15, 0.2) is 22.8 Å². The zero-order valence-electron chi connectivity index (χ0n) is 13.7. The maximum absolute atomic E-state index is 12.8. The van der Waals surface area contributed by atoms with E-state index >= 15 is 0 Å². The quantitative estimate of drug-likeness (QED) is 0.647. The minimum absolute atomic E-state index is 0.263. The van der Waals surface area contributed by atoms with Crippen LogP contribution >= 0.6 is 27.3 Å². The van der Waals surface area contributed by atoms with E-state index in [1.807, 2.05) is 12.1 Å². The average Bonchev–Trinajstić information content (AvgIpc) is 3.27. The van der Waals surface area contributed by atoms with Gasteiger partial charge in [-0.15, -0.1) is 10.2 Å². The van der Waals surface area contributed by atoms with Gasteiger partial charge in [0, 0.05) is 47.9 Å². The van der Waals surface area contributed by atoms with Gasteiger partial charge in [0.15, 0.2) is 5.01 Å². The van der Waals surface area contributed by atoms with Gasteiger partial charge in [0.2, 0.25) is 5.13 Å². The predicted molar refractivity (Wildman–Crippen MR) is 99.0 cm³/mol. The van der Waals surface area contributed by atoms with Crippen molar-refractivity contribution < 1.29 is 18.7 Å². The van der Waals surface area contributed by atoms with E-state index in [0.717, 1.165) is 26.9 Å². The van der Waals surface area contributed by atoms with Gasteiger partial charge < -0.3 is 14.9 Å². The number of aromatic nitrogens is 4. The van der Waals surface area contributed by atoms with Gasteiger partial charge in [0.05, 0.1) is 5.52 Å². The molecule has 1 aromatic carbocycles. The number of fused-ring (bicyclic) bond motifs is 1. The summed E-state index contributed by atoms with van der Waals surface area (Å²) in [4.78, 5) is 14.6. The Kier molecular flexibility index (Phi) is 4.68. The summed E-state index contributed by atoms with van der Waals surface area (Å²) in [5.74, 6) is 0. The third-order valence-electron chi connectivity index (χ3n) is 4.27. The molecule has 0 spiro atoms. The molecule has 8 nitrogen and oxygen atoms in total.